The monoisotopic (exact) mass is 346 g/mol. The highest BCUT2D eigenvalue weighted by Crippen LogP contribution is 2.19. The molecule has 0 bridgehead atoms. The summed E-state index contributed by atoms with van der Waals surface area (Å²) in [5, 5.41) is 3.14. The Labute approximate surface area is 153 Å². The number of carbonyl (C=O) groups excluding carboxylic acids is 1. The first-order valence-corrected chi connectivity index (χ1v) is 8.62. The number of benzene rings is 2. The van der Waals surface area contributed by atoms with E-state index in [1.165, 1.54) is 5.56 Å². The SMILES string of the molecule is CCN(C(=O)c1ccnc(Nc2ccc(C)cc2)n1)c1cccc(C)c1. The van der Waals surface area contributed by atoms with E-state index in [9.17, 15) is 4.79 Å². The molecular weight excluding hydrogens is 324 g/mol. The van der Waals surface area contributed by atoms with Gasteiger partial charge in [0.15, 0.2) is 0 Å². The third-order valence-corrected chi connectivity index (χ3v) is 4.06. The van der Waals surface area contributed by atoms with E-state index in [1.54, 1.807) is 17.2 Å². The Kier molecular flexibility index (Phi) is 5.27. The molecule has 3 aromatic rings. The zero-order chi connectivity index (χ0) is 18.5. The number of anilines is 3. The van der Waals surface area contributed by atoms with Crippen molar-refractivity contribution in [2.24, 2.45) is 0 Å². The molecule has 0 radical (unpaired) electrons. The molecule has 0 aliphatic heterocycles. The van der Waals surface area contributed by atoms with Crippen molar-refractivity contribution in [2.45, 2.75) is 20.8 Å². The largest absolute Gasteiger partial charge is 0.324 e. The standard InChI is InChI=1S/C21H22N4O/c1-4-25(18-7-5-6-16(3)14-18)20(26)19-12-13-22-21(24-19)23-17-10-8-15(2)9-11-17/h5-14H,4H2,1-3H3,(H,22,23,24). The van der Waals surface area contributed by atoms with Crippen molar-refractivity contribution in [3.8, 4) is 0 Å². The van der Waals surface area contributed by atoms with Crippen molar-refractivity contribution in [1.82, 2.24) is 9.97 Å². The zero-order valence-electron chi connectivity index (χ0n) is 15.2. The molecule has 1 amide bonds. The number of aryl methyl sites for hydroxylation is 2. The predicted octanol–water partition coefficient (Wildman–Crippen LogP) is 4.50. The van der Waals surface area contributed by atoms with Gasteiger partial charge in [0.1, 0.15) is 5.69 Å². The van der Waals surface area contributed by atoms with Crippen LogP contribution < -0.4 is 10.2 Å². The predicted molar refractivity (Wildman–Crippen MR) is 105 cm³/mol. The minimum absolute atomic E-state index is 0.146. The Balaban J connectivity index is 1.84. The Hall–Kier alpha value is -3.21. The summed E-state index contributed by atoms with van der Waals surface area (Å²) >= 11 is 0. The number of rotatable bonds is 5. The zero-order valence-corrected chi connectivity index (χ0v) is 15.2. The Morgan fingerprint density at radius 3 is 2.50 bits per heavy atom. The second-order valence-corrected chi connectivity index (χ2v) is 6.14. The molecule has 1 heterocycles. The van der Waals surface area contributed by atoms with Crippen LogP contribution in [0.1, 0.15) is 28.5 Å². The number of amides is 1. The lowest BCUT2D eigenvalue weighted by Gasteiger charge is -2.21. The lowest BCUT2D eigenvalue weighted by Crippen LogP contribution is -2.31. The quantitative estimate of drug-likeness (QED) is 0.739. The first-order chi connectivity index (χ1) is 12.6. The normalized spacial score (nSPS) is 10.4. The number of hydrogen-bond donors (Lipinski definition) is 1. The van der Waals surface area contributed by atoms with Gasteiger partial charge in [0.25, 0.3) is 5.91 Å². The minimum Gasteiger partial charge on any atom is -0.324 e. The van der Waals surface area contributed by atoms with Gasteiger partial charge in [-0.1, -0.05) is 29.8 Å². The van der Waals surface area contributed by atoms with Crippen LogP contribution in [0.25, 0.3) is 0 Å². The van der Waals surface area contributed by atoms with Crippen molar-refractivity contribution in [1.29, 1.82) is 0 Å². The number of carbonyl (C=O) groups is 1. The molecule has 0 fully saturated rings. The van der Waals surface area contributed by atoms with E-state index in [1.807, 2.05) is 69.3 Å². The smallest absolute Gasteiger partial charge is 0.277 e. The molecule has 0 atom stereocenters. The molecule has 5 heteroatoms. The van der Waals surface area contributed by atoms with Crippen molar-refractivity contribution in [2.75, 3.05) is 16.8 Å². The van der Waals surface area contributed by atoms with Gasteiger partial charge in [-0.2, -0.15) is 0 Å². The van der Waals surface area contributed by atoms with Crippen LogP contribution in [0.15, 0.2) is 60.8 Å². The lowest BCUT2D eigenvalue weighted by atomic mass is 10.2. The summed E-state index contributed by atoms with van der Waals surface area (Å²) in [5.41, 5.74) is 4.39. The van der Waals surface area contributed by atoms with Crippen molar-refractivity contribution >= 4 is 23.2 Å². The number of nitrogens with one attached hydrogen (secondary N) is 1. The topological polar surface area (TPSA) is 58.1 Å². The Morgan fingerprint density at radius 2 is 1.81 bits per heavy atom. The van der Waals surface area contributed by atoms with Crippen LogP contribution in [0.4, 0.5) is 17.3 Å². The van der Waals surface area contributed by atoms with Crippen LogP contribution in [-0.2, 0) is 0 Å². The second-order valence-electron chi connectivity index (χ2n) is 6.14. The maximum absolute atomic E-state index is 12.9. The van der Waals surface area contributed by atoms with Crippen molar-refractivity contribution in [3.63, 3.8) is 0 Å². The third kappa shape index (κ3) is 4.06. The molecule has 3 rings (SSSR count). The lowest BCUT2D eigenvalue weighted by molar-refractivity contribution is 0.0983. The Morgan fingerprint density at radius 1 is 1.04 bits per heavy atom. The third-order valence-electron chi connectivity index (χ3n) is 4.06. The van der Waals surface area contributed by atoms with E-state index in [2.05, 4.69) is 15.3 Å². The average molecular weight is 346 g/mol. The van der Waals surface area contributed by atoms with Crippen LogP contribution in [-0.4, -0.2) is 22.4 Å². The molecule has 2 aromatic carbocycles. The summed E-state index contributed by atoms with van der Waals surface area (Å²) in [6, 6.07) is 17.5. The summed E-state index contributed by atoms with van der Waals surface area (Å²) in [6.07, 6.45) is 1.60. The van der Waals surface area contributed by atoms with Crippen LogP contribution in [0, 0.1) is 13.8 Å². The van der Waals surface area contributed by atoms with Gasteiger partial charge < -0.3 is 10.2 Å². The summed E-state index contributed by atoms with van der Waals surface area (Å²) in [6.45, 7) is 6.56. The van der Waals surface area contributed by atoms with Gasteiger partial charge in [0.2, 0.25) is 5.95 Å². The molecule has 0 spiro atoms. The molecule has 132 valence electrons. The van der Waals surface area contributed by atoms with E-state index < -0.39 is 0 Å². The first kappa shape index (κ1) is 17.6. The molecule has 0 aliphatic rings. The summed E-state index contributed by atoms with van der Waals surface area (Å²) in [7, 11) is 0. The van der Waals surface area contributed by atoms with E-state index in [0.717, 1.165) is 16.9 Å². The maximum atomic E-state index is 12.9. The van der Waals surface area contributed by atoms with Gasteiger partial charge in [-0.25, -0.2) is 9.97 Å². The molecular formula is C21H22N4O. The van der Waals surface area contributed by atoms with E-state index in [-0.39, 0.29) is 5.91 Å². The van der Waals surface area contributed by atoms with Gasteiger partial charge in [-0.3, -0.25) is 4.79 Å². The van der Waals surface area contributed by atoms with Crippen LogP contribution >= 0.6 is 0 Å². The van der Waals surface area contributed by atoms with Crippen LogP contribution in [0.3, 0.4) is 0 Å². The fraction of sp³-hybridized carbons (Fsp3) is 0.190. The van der Waals surface area contributed by atoms with E-state index in [4.69, 9.17) is 0 Å². The highest BCUT2D eigenvalue weighted by molar-refractivity contribution is 6.04. The van der Waals surface area contributed by atoms with Gasteiger partial charge in [0, 0.05) is 24.1 Å². The fourth-order valence-corrected chi connectivity index (χ4v) is 2.68. The molecule has 1 aromatic heterocycles. The van der Waals surface area contributed by atoms with Crippen LogP contribution in [0.2, 0.25) is 0 Å². The maximum Gasteiger partial charge on any atom is 0.277 e. The van der Waals surface area contributed by atoms with Crippen LogP contribution in [0.5, 0.6) is 0 Å². The molecule has 0 saturated carbocycles. The molecule has 1 N–H and O–H groups in total. The molecule has 0 unspecified atom stereocenters. The molecule has 26 heavy (non-hydrogen) atoms. The Bertz CT molecular complexity index is 906. The van der Waals surface area contributed by atoms with E-state index in [0.29, 0.717) is 18.2 Å². The highest BCUT2D eigenvalue weighted by Gasteiger charge is 2.18. The molecule has 0 saturated heterocycles. The number of aromatic nitrogens is 2. The molecule has 5 nitrogen and oxygen atoms in total. The number of hydrogen-bond acceptors (Lipinski definition) is 4. The highest BCUT2D eigenvalue weighted by atomic mass is 16.2. The fourth-order valence-electron chi connectivity index (χ4n) is 2.68. The van der Waals surface area contributed by atoms with Crippen molar-refractivity contribution < 1.29 is 4.79 Å². The van der Waals surface area contributed by atoms with Crippen molar-refractivity contribution in [3.05, 3.63) is 77.6 Å². The van der Waals surface area contributed by atoms with Gasteiger partial charge in [-0.15, -0.1) is 0 Å². The number of nitrogens with zero attached hydrogens (tertiary/aromatic N) is 3. The summed E-state index contributed by atoms with van der Waals surface area (Å²) < 4.78 is 0. The van der Waals surface area contributed by atoms with Gasteiger partial charge >= 0.3 is 0 Å². The summed E-state index contributed by atoms with van der Waals surface area (Å²) in [5.74, 6) is 0.257. The second kappa shape index (κ2) is 7.78. The van der Waals surface area contributed by atoms with E-state index >= 15 is 0 Å². The van der Waals surface area contributed by atoms with Gasteiger partial charge in [-0.05, 0) is 56.7 Å². The molecule has 0 aliphatic carbocycles. The minimum atomic E-state index is -0.146. The first-order valence-electron chi connectivity index (χ1n) is 8.62. The average Bonchev–Trinajstić information content (AvgIpc) is 2.64. The van der Waals surface area contributed by atoms with Gasteiger partial charge in [0.05, 0.1) is 0 Å². The summed E-state index contributed by atoms with van der Waals surface area (Å²) in [4.78, 5) is 23.3.